The first-order valence-corrected chi connectivity index (χ1v) is 6.26. The molecule has 6 nitrogen and oxygen atoms in total. The van der Waals surface area contributed by atoms with Crippen LogP contribution in [0.15, 0.2) is 0 Å². The fourth-order valence-electron chi connectivity index (χ4n) is 2.36. The van der Waals surface area contributed by atoms with Crippen LogP contribution in [0.3, 0.4) is 0 Å². The number of carbonyl (C=O) groups excluding carboxylic acids is 2. The van der Waals surface area contributed by atoms with Gasteiger partial charge in [-0.1, -0.05) is 0 Å². The van der Waals surface area contributed by atoms with Crippen LogP contribution in [-0.2, 0) is 9.59 Å². The molecule has 2 aliphatic heterocycles. The highest BCUT2D eigenvalue weighted by Gasteiger charge is 2.31. The van der Waals surface area contributed by atoms with Gasteiger partial charge in [0.25, 0.3) is 0 Å². The molecule has 3 N–H and O–H groups in total. The lowest BCUT2D eigenvalue weighted by molar-refractivity contribution is -0.127. The van der Waals surface area contributed by atoms with Crippen molar-refractivity contribution in [3.05, 3.63) is 0 Å². The minimum Gasteiger partial charge on any atom is -0.354 e. The second kappa shape index (κ2) is 5.97. The summed E-state index contributed by atoms with van der Waals surface area (Å²) >= 11 is 0. The van der Waals surface area contributed by atoms with Crippen molar-refractivity contribution in [1.82, 2.24) is 20.9 Å². The Morgan fingerprint density at radius 1 is 1.06 bits per heavy atom. The highest BCUT2D eigenvalue weighted by atomic mass is 16.2. The van der Waals surface area contributed by atoms with Gasteiger partial charge in [-0.2, -0.15) is 0 Å². The summed E-state index contributed by atoms with van der Waals surface area (Å²) in [7, 11) is 0. The van der Waals surface area contributed by atoms with Crippen LogP contribution >= 0.6 is 0 Å². The molecule has 6 heteroatoms. The third-order valence-electron chi connectivity index (χ3n) is 3.24. The summed E-state index contributed by atoms with van der Waals surface area (Å²) in [5.41, 5.74) is 0. The molecule has 2 saturated heterocycles. The number of fused-ring (bicyclic) bond motifs is 1. The van der Waals surface area contributed by atoms with Gasteiger partial charge in [-0.15, -0.1) is 0 Å². The zero-order valence-corrected chi connectivity index (χ0v) is 10.00. The zero-order valence-electron chi connectivity index (χ0n) is 10.00. The number of nitrogens with zero attached hydrogens (tertiary/aromatic N) is 1. The van der Waals surface area contributed by atoms with Crippen molar-refractivity contribution in [3.63, 3.8) is 0 Å². The van der Waals surface area contributed by atoms with Crippen molar-refractivity contribution in [2.45, 2.75) is 18.9 Å². The van der Waals surface area contributed by atoms with Crippen LogP contribution in [0.2, 0.25) is 0 Å². The molecule has 0 aromatic carbocycles. The Balaban J connectivity index is 1.97. The van der Waals surface area contributed by atoms with E-state index in [0.29, 0.717) is 19.6 Å². The molecule has 0 unspecified atom stereocenters. The van der Waals surface area contributed by atoms with Crippen molar-refractivity contribution in [2.75, 3.05) is 39.3 Å². The Bertz CT molecular complexity index is 295. The second-order valence-corrected chi connectivity index (χ2v) is 4.52. The summed E-state index contributed by atoms with van der Waals surface area (Å²) in [4.78, 5) is 25.5. The van der Waals surface area contributed by atoms with Crippen LogP contribution in [0.25, 0.3) is 0 Å². The van der Waals surface area contributed by atoms with E-state index in [2.05, 4.69) is 16.0 Å². The van der Waals surface area contributed by atoms with E-state index in [1.54, 1.807) is 0 Å². The monoisotopic (exact) mass is 240 g/mol. The second-order valence-electron chi connectivity index (χ2n) is 4.52. The van der Waals surface area contributed by atoms with Crippen molar-refractivity contribution < 1.29 is 9.59 Å². The average Bonchev–Trinajstić information content (AvgIpc) is 2.74. The van der Waals surface area contributed by atoms with Crippen molar-refractivity contribution >= 4 is 11.8 Å². The van der Waals surface area contributed by atoms with Crippen LogP contribution < -0.4 is 16.0 Å². The normalized spacial score (nSPS) is 28.6. The van der Waals surface area contributed by atoms with Gasteiger partial charge in [-0.25, -0.2) is 0 Å². The molecule has 2 aliphatic rings. The number of nitrogens with one attached hydrogen (secondary N) is 3. The third kappa shape index (κ3) is 3.41. The van der Waals surface area contributed by atoms with Crippen LogP contribution in [0, 0.1) is 0 Å². The molecule has 96 valence electrons. The van der Waals surface area contributed by atoms with E-state index in [1.807, 2.05) is 4.90 Å². The highest BCUT2D eigenvalue weighted by Crippen LogP contribution is 2.16. The van der Waals surface area contributed by atoms with Crippen molar-refractivity contribution in [3.8, 4) is 0 Å². The molecule has 17 heavy (non-hydrogen) atoms. The largest absolute Gasteiger partial charge is 0.354 e. The van der Waals surface area contributed by atoms with Gasteiger partial charge in [0, 0.05) is 26.2 Å². The van der Waals surface area contributed by atoms with E-state index in [-0.39, 0.29) is 17.9 Å². The zero-order chi connectivity index (χ0) is 12.1. The maximum atomic E-state index is 11.9. The van der Waals surface area contributed by atoms with Gasteiger partial charge in [0.1, 0.15) is 0 Å². The van der Waals surface area contributed by atoms with E-state index in [0.717, 1.165) is 32.5 Å². The summed E-state index contributed by atoms with van der Waals surface area (Å²) in [5, 5.41) is 8.93. The molecule has 0 bridgehead atoms. The molecule has 2 fully saturated rings. The Hall–Kier alpha value is -1.14. The Morgan fingerprint density at radius 2 is 1.82 bits per heavy atom. The Kier molecular flexibility index (Phi) is 4.33. The number of rotatable bonds is 0. The van der Waals surface area contributed by atoms with Gasteiger partial charge in [0.05, 0.1) is 12.6 Å². The summed E-state index contributed by atoms with van der Waals surface area (Å²) in [5.74, 6) is 0.0600. The lowest BCUT2D eigenvalue weighted by atomic mass is 10.2. The highest BCUT2D eigenvalue weighted by molar-refractivity contribution is 5.84. The predicted molar refractivity (Wildman–Crippen MR) is 63.5 cm³/mol. The van der Waals surface area contributed by atoms with Gasteiger partial charge < -0.3 is 16.0 Å². The van der Waals surface area contributed by atoms with Gasteiger partial charge in [0.15, 0.2) is 0 Å². The standard InChI is InChI=1S/C11H20N4O2/c16-10-8-15-7-1-2-9(15)11(17)14-6-4-12-3-5-13-10/h9,12H,1-8H2,(H,13,16)(H,14,17)/t9-/m0/s1. The molecule has 0 aliphatic carbocycles. The lowest BCUT2D eigenvalue weighted by Crippen LogP contribution is -2.49. The first kappa shape index (κ1) is 12.3. The van der Waals surface area contributed by atoms with E-state index in [1.165, 1.54) is 0 Å². The summed E-state index contributed by atoms with van der Waals surface area (Å²) in [6, 6.07) is -0.125. The first-order chi connectivity index (χ1) is 8.27. The summed E-state index contributed by atoms with van der Waals surface area (Å²) in [6.07, 6.45) is 1.84. The van der Waals surface area contributed by atoms with Gasteiger partial charge in [-0.3, -0.25) is 14.5 Å². The first-order valence-electron chi connectivity index (χ1n) is 6.26. The van der Waals surface area contributed by atoms with Crippen molar-refractivity contribution in [1.29, 1.82) is 0 Å². The van der Waals surface area contributed by atoms with E-state index >= 15 is 0 Å². The Labute approximate surface area is 101 Å². The molecule has 2 amide bonds. The molecule has 2 rings (SSSR count). The minimum absolute atomic E-state index is 0.00655. The summed E-state index contributed by atoms with van der Waals surface area (Å²) in [6.45, 7) is 3.95. The SMILES string of the molecule is O=C1CN2CCC[C@H]2C(=O)NCCNCCN1. The molecule has 2 heterocycles. The lowest BCUT2D eigenvalue weighted by Gasteiger charge is -2.23. The third-order valence-corrected chi connectivity index (χ3v) is 3.24. The predicted octanol–water partition coefficient (Wildman–Crippen LogP) is -1.71. The van der Waals surface area contributed by atoms with Crippen LogP contribution in [-0.4, -0.2) is 62.0 Å². The van der Waals surface area contributed by atoms with Gasteiger partial charge in [-0.05, 0) is 19.4 Å². The van der Waals surface area contributed by atoms with Crippen LogP contribution in [0.4, 0.5) is 0 Å². The molecule has 0 radical (unpaired) electrons. The molecule has 0 spiro atoms. The summed E-state index contributed by atoms with van der Waals surface area (Å²) < 4.78 is 0. The smallest absolute Gasteiger partial charge is 0.237 e. The Morgan fingerprint density at radius 3 is 2.65 bits per heavy atom. The van der Waals surface area contributed by atoms with Crippen LogP contribution in [0.1, 0.15) is 12.8 Å². The fraction of sp³-hybridized carbons (Fsp3) is 0.818. The average molecular weight is 240 g/mol. The molecular formula is C11H20N4O2. The fourth-order valence-corrected chi connectivity index (χ4v) is 2.36. The number of hydrogen-bond donors (Lipinski definition) is 3. The molecule has 1 atom stereocenters. The van der Waals surface area contributed by atoms with Crippen molar-refractivity contribution in [2.24, 2.45) is 0 Å². The molecule has 0 aromatic rings. The maximum absolute atomic E-state index is 11.9. The molecule has 0 aromatic heterocycles. The number of hydrogen-bond acceptors (Lipinski definition) is 4. The van der Waals surface area contributed by atoms with Gasteiger partial charge in [0.2, 0.25) is 11.8 Å². The molecular weight excluding hydrogens is 220 g/mol. The minimum atomic E-state index is -0.125. The van der Waals surface area contributed by atoms with E-state index in [4.69, 9.17) is 0 Å². The number of carbonyl (C=O) groups is 2. The number of amides is 2. The molecule has 0 saturated carbocycles. The van der Waals surface area contributed by atoms with E-state index in [9.17, 15) is 9.59 Å². The van der Waals surface area contributed by atoms with Gasteiger partial charge >= 0.3 is 0 Å². The maximum Gasteiger partial charge on any atom is 0.237 e. The topological polar surface area (TPSA) is 73.5 Å². The van der Waals surface area contributed by atoms with Crippen LogP contribution in [0.5, 0.6) is 0 Å². The quantitative estimate of drug-likeness (QED) is 0.471. The van der Waals surface area contributed by atoms with E-state index < -0.39 is 0 Å².